The Balaban J connectivity index is 1.81. The van der Waals surface area contributed by atoms with Crippen LogP contribution in [0.4, 0.5) is 0 Å². The van der Waals surface area contributed by atoms with Crippen LogP contribution in [0.1, 0.15) is 19.3 Å². The summed E-state index contributed by atoms with van der Waals surface area (Å²) in [6.45, 7) is 1.06. The fourth-order valence-corrected chi connectivity index (χ4v) is 2.87. The molecule has 1 aliphatic heterocycles. The Morgan fingerprint density at radius 1 is 1.36 bits per heavy atom. The molecule has 1 heterocycles. The molecule has 0 radical (unpaired) electrons. The molecule has 1 aromatic carbocycles. The first kappa shape index (κ1) is 16.9. The van der Waals surface area contributed by atoms with E-state index in [0.717, 1.165) is 0 Å². The highest BCUT2D eigenvalue weighted by atomic mass is 35.5. The number of amides is 1. The number of carboxylic acids is 1. The van der Waals surface area contributed by atoms with E-state index in [2.05, 4.69) is 0 Å². The summed E-state index contributed by atoms with van der Waals surface area (Å²) in [4.78, 5) is 24.7. The van der Waals surface area contributed by atoms with Crippen molar-refractivity contribution in [3.63, 3.8) is 0 Å². The number of rotatable bonds is 5. The van der Waals surface area contributed by atoms with Gasteiger partial charge in [-0.15, -0.1) is 0 Å². The molecule has 0 spiro atoms. The summed E-state index contributed by atoms with van der Waals surface area (Å²) in [7, 11) is 0. The van der Waals surface area contributed by atoms with Crippen LogP contribution >= 0.6 is 23.2 Å². The second-order valence-corrected chi connectivity index (χ2v) is 6.03. The summed E-state index contributed by atoms with van der Waals surface area (Å²) in [5.74, 6) is -0.942. The van der Waals surface area contributed by atoms with Gasteiger partial charge in [0.05, 0.1) is 24.0 Å². The maximum absolute atomic E-state index is 12.1. The average molecular weight is 346 g/mol. The Morgan fingerprint density at radius 2 is 2.14 bits per heavy atom. The average Bonchev–Trinajstić information content (AvgIpc) is 2.49. The number of piperidine rings is 1. The van der Waals surface area contributed by atoms with Crippen LogP contribution in [0.25, 0.3) is 0 Å². The maximum atomic E-state index is 12.1. The minimum Gasteiger partial charge on any atom is -0.491 e. The molecule has 1 unspecified atom stereocenters. The fourth-order valence-electron chi connectivity index (χ4n) is 2.40. The Labute approximate surface area is 138 Å². The van der Waals surface area contributed by atoms with Crippen LogP contribution in [0.15, 0.2) is 18.2 Å². The molecule has 1 fully saturated rings. The minimum absolute atomic E-state index is 0.101. The largest absolute Gasteiger partial charge is 0.491 e. The lowest BCUT2D eigenvalue weighted by Gasteiger charge is -2.30. The highest BCUT2D eigenvalue weighted by Crippen LogP contribution is 2.27. The third-order valence-electron chi connectivity index (χ3n) is 3.59. The minimum atomic E-state index is -0.846. The van der Waals surface area contributed by atoms with Crippen molar-refractivity contribution in [3.05, 3.63) is 28.2 Å². The number of carbonyl (C=O) groups is 2. The summed E-state index contributed by atoms with van der Waals surface area (Å²) in [5, 5.41) is 9.94. The molecule has 1 aliphatic rings. The monoisotopic (exact) mass is 345 g/mol. The normalized spacial score (nSPS) is 18.1. The van der Waals surface area contributed by atoms with Gasteiger partial charge in [0.2, 0.25) is 5.91 Å². The summed E-state index contributed by atoms with van der Waals surface area (Å²) in [6.07, 6.45) is 1.52. The van der Waals surface area contributed by atoms with Crippen LogP contribution in [0.5, 0.6) is 5.75 Å². The van der Waals surface area contributed by atoms with Crippen molar-refractivity contribution >= 4 is 35.1 Å². The number of carboxylic acid groups (broad SMARTS) is 1. The lowest BCUT2D eigenvalue weighted by molar-refractivity contribution is -0.145. The second-order valence-electron chi connectivity index (χ2n) is 5.19. The standard InChI is InChI=1S/C15H17Cl2NO4/c16-11-3-4-13(12(17)8-11)22-7-5-14(19)18-6-1-2-10(9-18)15(20)21/h3-4,8,10H,1-2,5-7,9H2,(H,20,21). The van der Waals surface area contributed by atoms with Crippen LogP contribution in [-0.2, 0) is 9.59 Å². The van der Waals surface area contributed by atoms with Gasteiger partial charge in [-0.05, 0) is 31.0 Å². The van der Waals surface area contributed by atoms with Gasteiger partial charge >= 0.3 is 5.97 Å². The zero-order valence-electron chi connectivity index (χ0n) is 11.9. The SMILES string of the molecule is O=C(O)C1CCCN(C(=O)CCOc2ccc(Cl)cc2Cl)C1. The van der Waals surface area contributed by atoms with Gasteiger partial charge in [0, 0.05) is 18.1 Å². The maximum Gasteiger partial charge on any atom is 0.308 e. The molecule has 1 N–H and O–H groups in total. The number of nitrogens with zero attached hydrogens (tertiary/aromatic N) is 1. The number of benzene rings is 1. The summed E-state index contributed by atoms with van der Waals surface area (Å²) in [5.41, 5.74) is 0. The number of likely N-dealkylation sites (tertiary alicyclic amines) is 1. The molecule has 1 aromatic rings. The topological polar surface area (TPSA) is 66.8 Å². The third-order valence-corrected chi connectivity index (χ3v) is 4.12. The van der Waals surface area contributed by atoms with E-state index in [-0.39, 0.29) is 25.5 Å². The molecule has 7 heteroatoms. The van der Waals surface area contributed by atoms with Crippen LogP contribution in [0.2, 0.25) is 10.0 Å². The molecule has 120 valence electrons. The molecule has 22 heavy (non-hydrogen) atoms. The molecule has 0 aliphatic carbocycles. The molecule has 0 aromatic heterocycles. The third kappa shape index (κ3) is 4.52. The molecule has 5 nitrogen and oxygen atoms in total. The predicted molar refractivity (Wildman–Crippen MR) is 83.5 cm³/mol. The number of halogens is 2. The molecule has 1 amide bonds. The van der Waals surface area contributed by atoms with E-state index < -0.39 is 11.9 Å². The summed E-state index contributed by atoms with van der Waals surface area (Å²) in [6, 6.07) is 4.88. The molecule has 1 saturated heterocycles. The number of ether oxygens (including phenoxy) is 1. The van der Waals surface area contributed by atoms with Crippen molar-refractivity contribution in [2.45, 2.75) is 19.3 Å². The molecule has 2 rings (SSSR count). The van der Waals surface area contributed by atoms with E-state index in [9.17, 15) is 9.59 Å². The molecule has 1 atom stereocenters. The fraction of sp³-hybridized carbons (Fsp3) is 0.467. The highest BCUT2D eigenvalue weighted by Gasteiger charge is 2.27. The predicted octanol–water partition coefficient (Wildman–Crippen LogP) is 3.09. The number of aliphatic carboxylic acids is 1. The van der Waals surface area contributed by atoms with Gasteiger partial charge < -0.3 is 14.7 Å². The van der Waals surface area contributed by atoms with Crippen LogP contribution in [0, 0.1) is 5.92 Å². The van der Waals surface area contributed by atoms with Gasteiger partial charge in [0.15, 0.2) is 0 Å². The lowest BCUT2D eigenvalue weighted by Crippen LogP contribution is -2.42. The van der Waals surface area contributed by atoms with Crippen molar-refractivity contribution < 1.29 is 19.4 Å². The Hall–Kier alpha value is -1.46. The van der Waals surface area contributed by atoms with Crippen molar-refractivity contribution in [2.24, 2.45) is 5.92 Å². The van der Waals surface area contributed by atoms with Gasteiger partial charge in [0.25, 0.3) is 0 Å². The van der Waals surface area contributed by atoms with Crippen LogP contribution in [-0.4, -0.2) is 41.6 Å². The smallest absolute Gasteiger partial charge is 0.308 e. The van der Waals surface area contributed by atoms with E-state index in [1.807, 2.05) is 0 Å². The van der Waals surface area contributed by atoms with Crippen molar-refractivity contribution in [3.8, 4) is 5.75 Å². The molecular formula is C15H17Cl2NO4. The van der Waals surface area contributed by atoms with Gasteiger partial charge in [0.1, 0.15) is 5.75 Å². The van der Waals surface area contributed by atoms with E-state index >= 15 is 0 Å². The van der Waals surface area contributed by atoms with Crippen LogP contribution in [0.3, 0.4) is 0 Å². The van der Waals surface area contributed by atoms with Gasteiger partial charge in [-0.25, -0.2) is 0 Å². The van der Waals surface area contributed by atoms with E-state index in [4.69, 9.17) is 33.0 Å². The Kier molecular flexibility index (Phi) is 5.91. The molecule has 0 saturated carbocycles. The number of carbonyl (C=O) groups excluding carboxylic acids is 1. The first-order valence-corrected chi connectivity index (χ1v) is 7.81. The van der Waals surface area contributed by atoms with E-state index in [1.54, 1.807) is 23.1 Å². The molecular weight excluding hydrogens is 329 g/mol. The zero-order chi connectivity index (χ0) is 16.1. The van der Waals surface area contributed by atoms with Crippen molar-refractivity contribution in [1.29, 1.82) is 0 Å². The number of hydrogen-bond acceptors (Lipinski definition) is 3. The highest BCUT2D eigenvalue weighted by molar-refractivity contribution is 6.35. The molecule has 0 bridgehead atoms. The van der Waals surface area contributed by atoms with E-state index in [0.29, 0.717) is 35.2 Å². The quantitative estimate of drug-likeness (QED) is 0.890. The lowest BCUT2D eigenvalue weighted by atomic mass is 9.98. The van der Waals surface area contributed by atoms with Crippen molar-refractivity contribution in [2.75, 3.05) is 19.7 Å². The Bertz CT molecular complexity index is 564. The second kappa shape index (κ2) is 7.70. The number of hydrogen-bond donors (Lipinski definition) is 1. The first-order valence-electron chi connectivity index (χ1n) is 7.06. The summed E-state index contributed by atoms with van der Waals surface area (Å²) >= 11 is 11.8. The van der Waals surface area contributed by atoms with Crippen LogP contribution < -0.4 is 4.74 Å². The van der Waals surface area contributed by atoms with E-state index in [1.165, 1.54) is 0 Å². The van der Waals surface area contributed by atoms with Gasteiger partial charge in [-0.3, -0.25) is 9.59 Å². The zero-order valence-corrected chi connectivity index (χ0v) is 13.4. The van der Waals surface area contributed by atoms with Gasteiger partial charge in [-0.1, -0.05) is 23.2 Å². The van der Waals surface area contributed by atoms with Gasteiger partial charge in [-0.2, -0.15) is 0 Å². The van der Waals surface area contributed by atoms with Crippen molar-refractivity contribution in [1.82, 2.24) is 4.90 Å². The summed E-state index contributed by atoms with van der Waals surface area (Å²) < 4.78 is 5.47. The Morgan fingerprint density at radius 3 is 2.82 bits per heavy atom. The first-order chi connectivity index (χ1) is 10.5.